The van der Waals surface area contributed by atoms with Gasteiger partial charge in [-0.3, -0.25) is 0 Å². The maximum atomic E-state index is 5.83. The molecule has 4 nitrogen and oxygen atoms in total. The summed E-state index contributed by atoms with van der Waals surface area (Å²) in [5.74, 6) is 0. The first kappa shape index (κ1) is 16.1. The van der Waals surface area contributed by atoms with Crippen molar-refractivity contribution in [1.29, 1.82) is 0 Å². The lowest BCUT2D eigenvalue weighted by atomic mass is 9.96. The van der Waals surface area contributed by atoms with Gasteiger partial charge in [0.05, 0.1) is 6.61 Å². The van der Waals surface area contributed by atoms with E-state index in [0.717, 1.165) is 6.54 Å². The van der Waals surface area contributed by atoms with Crippen LogP contribution < -0.4 is 5.32 Å². The SMILES string of the molecule is CCO[Si](C)(OCC)OCCNC1CCCCC1. The number of rotatable bonds is 9. The minimum Gasteiger partial charge on any atom is -0.374 e. The zero-order valence-corrected chi connectivity index (χ0v) is 13.2. The van der Waals surface area contributed by atoms with Gasteiger partial charge in [-0.25, -0.2) is 0 Å². The maximum Gasteiger partial charge on any atom is 0.497 e. The predicted molar refractivity (Wildman–Crippen MR) is 75.7 cm³/mol. The number of hydrogen-bond acceptors (Lipinski definition) is 4. The van der Waals surface area contributed by atoms with Crippen LogP contribution in [0.25, 0.3) is 0 Å². The topological polar surface area (TPSA) is 39.7 Å². The van der Waals surface area contributed by atoms with Gasteiger partial charge >= 0.3 is 8.80 Å². The lowest BCUT2D eigenvalue weighted by Gasteiger charge is -2.26. The molecule has 108 valence electrons. The van der Waals surface area contributed by atoms with Crippen LogP contribution in [0.5, 0.6) is 0 Å². The van der Waals surface area contributed by atoms with E-state index >= 15 is 0 Å². The van der Waals surface area contributed by atoms with Gasteiger partial charge < -0.3 is 18.6 Å². The van der Waals surface area contributed by atoms with Crippen LogP contribution in [-0.2, 0) is 13.3 Å². The highest BCUT2D eigenvalue weighted by molar-refractivity contribution is 6.59. The fourth-order valence-electron chi connectivity index (χ4n) is 2.46. The van der Waals surface area contributed by atoms with E-state index in [1.807, 2.05) is 20.4 Å². The molecule has 18 heavy (non-hydrogen) atoms. The Kier molecular flexibility index (Phi) is 8.09. The molecule has 0 spiro atoms. The summed E-state index contributed by atoms with van der Waals surface area (Å²) in [6.45, 7) is 8.81. The summed E-state index contributed by atoms with van der Waals surface area (Å²) >= 11 is 0. The largest absolute Gasteiger partial charge is 0.497 e. The van der Waals surface area contributed by atoms with Crippen LogP contribution >= 0.6 is 0 Å². The van der Waals surface area contributed by atoms with Crippen molar-refractivity contribution >= 4 is 8.80 Å². The van der Waals surface area contributed by atoms with E-state index in [1.54, 1.807) is 0 Å². The van der Waals surface area contributed by atoms with E-state index in [9.17, 15) is 0 Å². The van der Waals surface area contributed by atoms with Crippen LogP contribution in [0.15, 0.2) is 0 Å². The molecule has 0 unspecified atom stereocenters. The summed E-state index contributed by atoms with van der Waals surface area (Å²) in [5.41, 5.74) is 0. The summed E-state index contributed by atoms with van der Waals surface area (Å²) in [5, 5.41) is 3.56. The highest BCUT2D eigenvalue weighted by Crippen LogP contribution is 2.17. The number of nitrogens with one attached hydrogen (secondary N) is 1. The van der Waals surface area contributed by atoms with E-state index in [4.69, 9.17) is 13.3 Å². The summed E-state index contributed by atoms with van der Waals surface area (Å²) < 4.78 is 17.1. The molecule has 1 fully saturated rings. The van der Waals surface area contributed by atoms with E-state index < -0.39 is 8.80 Å². The van der Waals surface area contributed by atoms with Crippen LogP contribution in [0.4, 0.5) is 0 Å². The molecule has 1 rings (SSSR count). The van der Waals surface area contributed by atoms with Gasteiger partial charge in [-0.1, -0.05) is 19.3 Å². The Morgan fingerprint density at radius 3 is 2.17 bits per heavy atom. The summed E-state index contributed by atoms with van der Waals surface area (Å²) in [6.07, 6.45) is 6.75. The van der Waals surface area contributed by atoms with Crippen LogP contribution in [0.2, 0.25) is 6.55 Å². The van der Waals surface area contributed by atoms with Crippen LogP contribution in [0, 0.1) is 0 Å². The van der Waals surface area contributed by atoms with Gasteiger partial charge in [0.25, 0.3) is 0 Å². The molecule has 0 radical (unpaired) electrons. The van der Waals surface area contributed by atoms with Gasteiger partial charge in [0.2, 0.25) is 0 Å². The molecule has 0 amide bonds. The Morgan fingerprint density at radius 2 is 1.61 bits per heavy atom. The number of hydrogen-bond donors (Lipinski definition) is 1. The molecule has 0 aromatic heterocycles. The molecule has 5 heteroatoms. The van der Waals surface area contributed by atoms with Crippen LogP contribution in [-0.4, -0.2) is 41.2 Å². The molecule has 0 heterocycles. The van der Waals surface area contributed by atoms with Crippen molar-refractivity contribution in [3.63, 3.8) is 0 Å². The standard InChI is InChI=1S/C13H29NO3Si/c1-4-15-18(3,16-5-2)17-12-11-14-13-9-7-6-8-10-13/h13-14H,4-12H2,1-3H3. The molecule has 0 bridgehead atoms. The zero-order valence-electron chi connectivity index (χ0n) is 12.2. The minimum absolute atomic E-state index is 0.652. The van der Waals surface area contributed by atoms with Crippen molar-refractivity contribution < 1.29 is 13.3 Å². The van der Waals surface area contributed by atoms with Crippen LogP contribution in [0.3, 0.4) is 0 Å². The smallest absolute Gasteiger partial charge is 0.374 e. The predicted octanol–water partition coefficient (Wildman–Crippen LogP) is 2.57. The minimum atomic E-state index is -2.38. The molecular formula is C13H29NO3Si. The first-order chi connectivity index (χ1) is 8.70. The third kappa shape index (κ3) is 6.29. The van der Waals surface area contributed by atoms with E-state index in [2.05, 4.69) is 5.32 Å². The highest BCUT2D eigenvalue weighted by atomic mass is 28.4. The third-order valence-corrected chi connectivity index (χ3v) is 5.67. The molecule has 0 aliphatic heterocycles. The second-order valence-electron chi connectivity index (χ2n) is 4.87. The molecule has 0 saturated heterocycles. The maximum absolute atomic E-state index is 5.83. The second-order valence-corrected chi connectivity index (χ2v) is 7.46. The summed E-state index contributed by atoms with van der Waals surface area (Å²) in [7, 11) is -2.38. The van der Waals surface area contributed by atoms with E-state index in [-0.39, 0.29) is 0 Å². The summed E-state index contributed by atoms with van der Waals surface area (Å²) in [4.78, 5) is 0. The Hall–Kier alpha value is 0.0569. The third-order valence-electron chi connectivity index (χ3n) is 3.32. The normalized spacial score (nSPS) is 18.2. The Morgan fingerprint density at radius 1 is 1.00 bits per heavy atom. The van der Waals surface area contributed by atoms with Crippen molar-refractivity contribution in [2.75, 3.05) is 26.4 Å². The summed E-state index contributed by atoms with van der Waals surface area (Å²) in [6, 6.07) is 0.689. The van der Waals surface area contributed by atoms with E-state index in [0.29, 0.717) is 25.9 Å². The van der Waals surface area contributed by atoms with Gasteiger partial charge in [0.15, 0.2) is 0 Å². The molecule has 0 atom stereocenters. The monoisotopic (exact) mass is 275 g/mol. The quantitative estimate of drug-likeness (QED) is 0.518. The van der Waals surface area contributed by atoms with E-state index in [1.165, 1.54) is 32.1 Å². The van der Waals surface area contributed by atoms with Crippen molar-refractivity contribution in [3.05, 3.63) is 0 Å². The molecule has 1 N–H and O–H groups in total. The molecule has 1 saturated carbocycles. The fraction of sp³-hybridized carbons (Fsp3) is 1.00. The van der Waals surface area contributed by atoms with Crippen molar-refractivity contribution in [1.82, 2.24) is 5.32 Å². The van der Waals surface area contributed by atoms with Gasteiger partial charge in [0.1, 0.15) is 0 Å². The molecule has 0 aromatic carbocycles. The first-order valence-corrected chi connectivity index (χ1v) is 9.58. The Balaban J connectivity index is 2.13. The van der Waals surface area contributed by atoms with Gasteiger partial charge in [0, 0.05) is 32.3 Å². The molecular weight excluding hydrogens is 246 g/mol. The van der Waals surface area contributed by atoms with Gasteiger partial charge in [-0.05, 0) is 26.7 Å². The molecule has 1 aliphatic rings. The second kappa shape index (κ2) is 9.04. The van der Waals surface area contributed by atoms with Crippen molar-refractivity contribution in [2.24, 2.45) is 0 Å². The lowest BCUT2D eigenvalue weighted by Crippen LogP contribution is -2.44. The first-order valence-electron chi connectivity index (χ1n) is 7.35. The van der Waals surface area contributed by atoms with Gasteiger partial charge in [-0.2, -0.15) is 0 Å². The average Bonchev–Trinajstić information content (AvgIpc) is 2.37. The molecule has 0 aromatic rings. The van der Waals surface area contributed by atoms with Crippen molar-refractivity contribution in [2.45, 2.75) is 58.5 Å². The Labute approximate surface area is 113 Å². The molecule has 1 aliphatic carbocycles. The van der Waals surface area contributed by atoms with Crippen molar-refractivity contribution in [3.8, 4) is 0 Å². The Bertz CT molecular complexity index is 204. The fourth-order valence-corrected chi connectivity index (χ4v) is 4.23. The average molecular weight is 275 g/mol. The lowest BCUT2D eigenvalue weighted by molar-refractivity contribution is 0.0736. The highest BCUT2D eigenvalue weighted by Gasteiger charge is 2.33. The van der Waals surface area contributed by atoms with Crippen LogP contribution in [0.1, 0.15) is 46.0 Å². The van der Waals surface area contributed by atoms with Gasteiger partial charge in [-0.15, -0.1) is 0 Å². The zero-order chi connectivity index (χ0) is 13.3.